The zero-order chi connectivity index (χ0) is 27.5. The molecule has 1 amide bonds. The number of hydrogen-bond acceptors (Lipinski definition) is 10. The predicted molar refractivity (Wildman–Crippen MR) is 140 cm³/mol. The van der Waals surface area contributed by atoms with Gasteiger partial charge in [-0.2, -0.15) is 0 Å². The minimum absolute atomic E-state index is 0.0128. The van der Waals surface area contributed by atoms with E-state index in [2.05, 4.69) is 20.6 Å². The van der Waals surface area contributed by atoms with E-state index in [1.54, 1.807) is 38.1 Å². The number of ether oxygens (including phenoxy) is 4. The molecule has 2 aromatic carbocycles. The van der Waals surface area contributed by atoms with Crippen molar-refractivity contribution in [3.05, 3.63) is 53.6 Å². The van der Waals surface area contributed by atoms with Crippen molar-refractivity contribution in [1.29, 1.82) is 0 Å². The SMILES string of the molecule is CCOC(=O)CC[C@@H](NC(=O)c1ccc(NCc2ccc3nc(OC)c(OC)nc3c2)cc1)C(=O)OCC. The van der Waals surface area contributed by atoms with Crippen molar-refractivity contribution in [2.24, 2.45) is 0 Å². The van der Waals surface area contributed by atoms with Crippen LogP contribution in [0.5, 0.6) is 11.8 Å². The Hall–Kier alpha value is -4.41. The molecule has 1 heterocycles. The fourth-order valence-electron chi connectivity index (χ4n) is 3.62. The van der Waals surface area contributed by atoms with E-state index >= 15 is 0 Å². The van der Waals surface area contributed by atoms with Crippen molar-refractivity contribution in [2.75, 3.05) is 32.8 Å². The van der Waals surface area contributed by atoms with Crippen molar-refractivity contribution in [3.8, 4) is 11.8 Å². The summed E-state index contributed by atoms with van der Waals surface area (Å²) < 4.78 is 20.4. The van der Waals surface area contributed by atoms with Crippen LogP contribution in [0.25, 0.3) is 11.0 Å². The molecule has 11 nitrogen and oxygen atoms in total. The van der Waals surface area contributed by atoms with Gasteiger partial charge in [0.05, 0.1) is 38.5 Å². The topological polar surface area (TPSA) is 138 Å². The Morgan fingerprint density at radius 2 is 1.53 bits per heavy atom. The summed E-state index contributed by atoms with van der Waals surface area (Å²) in [7, 11) is 3.02. The van der Waals surface area contributed by atoms with E-state index in [9.17, 15) is 14.4 Å². The van der Waals surface area contributed by atoms with Crippen LogP contribution in [0.1, 0.15) is 42.6 Å². The molecule has 3 rings (SSSR count). The van der Waals surface area contributed by atoms with Crippen LogP contribution in [0.3, 0.4) is 0 Å². The first-order valence-electron chi connectivity index (χ1n) is 12.2. The lowest BCUT2D eigenvalue weighted by Crippen LogP contribution is -2.42. The molecule has 1 aromatic heterocycles. The van der Waals surface area contributed by atoms with Crippen molar-refractivity contribution in [2.45, 2.75) is 39.3 Å². The third-order valence-corrected chi connectivity index (χ3v) is 5.52. The van der Waals surface area contributed by atoms with E-state index < -0.39 is 23.9 Å². The Morgan fingerprint density at radius 1 is 0.868 bits per heavy atom. The molecule has 0 aliphatic rings. The fourth-order valence-corrected chi connectivity index (χ4v) is 3.62. The number of hydrogen-bond donors (Lipinski definition) is 2. The second-order valence-electron chi connectivity index (χ2n) is 8.12. The quantitative estimate of drug-likeness (QED) is 0.320. The van der Waals surface area contributed by atoms with Crippen LogP contribution in [0, 0.1) is 0 Å². The molecule has 0 saturated carbocycles. The van der Waals surface area contributed by atoms with E-state index in [1.807, 2.05) is 18.2 Å². The van der Waals surface area contributed by atoms with Crippen LogP contribution in [0.4, 0.5) is 5.69 Å². The molecule has 0 aliphatic heterocycles. The molecule has 11 heteroatoms. The Morgan fingerprint density at radius 3 is 2.16 bits per heavy atom. The van der Waals surface area contributed by atoms with Gasteiger partial charge in [0.25, 0.3) is 17.7 Å². The van der Waals surface area contributed by atoms with E-state index in [0.29, 0.717) is 34.9 Å². The summed E-state index contributed by atoms with van der Waals surface area (Å²) >= 11 is 0. The number of anilines is 1. The molecule has 38 heavy (non-hydrogen) atoms. The number of esters is 2. The number of carbonyl (C=O) groups is 3. The van der Waals surface area contributed by atoms with Crippen LogP contribution in [-0.2, 0) is 25.6 Å². The number of amides is 1. The van der Waals surface area contributed by atoms with Gasteiger partial charge in [0, 0.05) is 24.2 Å². The third kappa shape index (κ3) is 7.55. The van der Waals surface area contributed by atoms with Crippen LogP contribution < -0.4 is 20.1 Å². The van der Waals surface area contributed by atoms with E-state index in [-0.39, 0.29) is 26.1 Å². The van der Waals surface area contributed by atoms with Crippen molar-refractivity contribution in [3.63, 3.8) is 0 Å². The molecule has 0 spiro atoms. The van der Waals surface area contributed by atoms with Gasteiger partial charge < -0.3 is 29.6 Å². The molecular weight excluding hydrogens is 492 g/mol. The monoisotopic (exact) mass is 524 g/mol. The van der Waals surface area contributed by atoms with Gasteiger partial charge in [-0.15, -0.1) is 0 Å². The number of aromatic nitrogens is 2. The first kappa shape index (κ1) is 28.2. The standard InChI is InChI=1S/C27H32N4O7/c1-5-37-23(32)14-13-21(27(34)38-6-2)29-24(33)18-8-10-19(11-9-18)28-16-17-7-12-20-22(15-17)31-26(36-4)25(30-20)35-3/h7-12,15,21,28H,5-6,13-14,16H2,1-4H3,(H,29,33)/t21-/m1/s1. The number of methoxy groups -OCH3 is 2. The summed E-state index contributed by atoms with van der Waals surface area (Å²) in [6, 6.07) is 11.6. The second-order valence-corrected chi connectivity index (χ2v) is 8.12. The summed E-state index contributed by atoms with van der Waals surface area (Å²) in [5, 5.41) is 5.96. The number of benzene rings is 2. The lowest BCUT2D eigenvalue weighted by Gasteiger charge is -2.17. The minimum Gasteiger partial charge on any atom is -0.477 e. The molecule has 0 fully saturated rings. The van der Waals surface area contributed by atoms with Gasteiger partial charge in [-0.25, -0.2) is 14.8 Å². The lowest BCUT2D eigenvalue weighted by molar-refractivity contribution is -0.146. The zero-order valence-electron chi connectivity index (χ0n) is 21.9. The molecule has 0 aliphatic carbocycles. The maximum absolute atomic E-state index is 12.8. The van der Waals surface area contributed by atoms with E-state index in [1.165, 1.54) is 14.2 Å². The Balaban J connectivity index is 1.62. The Labute approximate surface area is 220 Å². The molecule has 1 atom stereocenters. The summed E-state index contributed by atoms with van der Waals surface area (Å²) in [6.45, 7) is 4.29. The summed E-state index contributed by atoms with van der Waals surface area (Å²) in [4.78, 5) is 45.6. The first-order valence-corrected chi connectivity index (χ1v) is 12.2. The van der Waals surface area contributed by atoms with Gasteiger partial charge in [-0.05, 0) is 62.2 Å². The molecule has 0 radical (unpaired) electrons. The smallest absolute Gasteiger partial charge is 0.328 e. The average Bonchev–Trinajstić information content (AvgIpc) is 2.93. The van der Waals surface area contributed by atoms with Gasteiger partial charge in [0.15, 0.2) is 0 Å². The average molecular weight is 525 g/mol. The van der Waals surface area contributed by atoms with Crippen LogP contribution in [-0.4, -0.2) is 61.3 Å². The highest BCUT2D eigenvalue weighted by molar-refractivity contribution is 5.97. The third-order valence-electron chi connectivity index (χ3n) is 5.52. The normalized spacial score (nSPS) is 11.4. The number of rotatable bonds is 13. The zero-order valence-corrected chi connectivity index (χ0v) is 21.9. The molecule has 0 saturated heterocycles. The molecule has 0 bridgehead atoms. The van der Waals surface area contributed by atoms with Crippen LogP contribution >= 0.6 is 0 Å². The van der Waals surface area contributed by atoms with Crippen molar-refractivity contribution in [1.82, 2.24) is 15.3 Å². The van der Waals surface area contributed by atoms with Crippen LogP contribution in [0.15, 0.2) is 42.5 Å². The molecular formula is C27H32N4O7. The minimum atomic E-state index is -0.959. The number of nitrogens with one attached hydrogen (secondary N) is 2. The van der Waals surface area contributed by atoms with Crippen molar-refractivity contribution >= 4 is 34.6 Å². The first-order chi connectivity index (χ1) is 18.4. The highest BCUT2D eigenvalue weighted by Gasteiger charge is 2.24. The predicted octanol–water partition coefficient (Wildman–Crippen LogP) is 3.26. The molecule has 2 N–H and O–H groups in total. The fraction of sp³-hybridized carbons (Fsp3) is 0.370. The number of fused-ring (bicyclic) bond motifs is 1. The van der Waals surface area contributed by atoms with Gasteiger partial charge in [0.1, 0.15) is 6.04 Å². The highest BCUT2D eigenvalue weighted by atomic mass is 16.5. The summed E-state index contributed by atoms with van der Waals surface area (Å²) in [5.74, 6) is -0.855. The second kappa shape index (κ2) is 13.8. The van der Waals surface area contributed by atoms with E-state index in [0.717, 1.165) is 11.3 Å². The van der Waals surface area contributed by atoms with Gasteiger partial charge >= 0.3 is 11.9 Å². The van der Waals surface area contributed by atoms with Gasteiger partial charge in [-0.1, -0.05) is 6.07 Å². The molecule has 0 unspecified atom stereocenters. The molecule has 3 aromatic rings. The summed E-state index contributed by atoms with van der Waals surface area (Å²) in [6.07, 6.45) is 0.0684. The number of carbonyl (C=O) groups excluding carboxylic acids is 3. The van der Waals surface area contributed by atoms with E-state index in [4.69, 9.17) is 18.9 Å². The lowest BCUT2D eigenvalue weighted by atomic mass is 10.1. The Bertz CT molecular complexity index is 1260. The van der Waals surface area contributed by atoms with Gasteiger partial charge in [0.2, 0.25) is 0 Å². The maximum atomic E-state index is 12.8. The number of nitrogens with zero attached hydrogens (tertiary/aromatic N) is 2. The van der Waals surface area contributed by atoms with Gasteiger partial charge in [-0.3, -0.25) is 9.59 Å². The highest BCUT2D eigenvalue weighted by Crippen LogP contribution is 2.25. The van der Waals surface area contributed by atoms with Crippen molar-refractivity contribution < 1.29 is 33.3 Å². The summed E-state index contributed by atoms with van der Waals surface area (Å²) in [5.41, 5.74) is 3.49. The van der Waals surface area contributed by atoms with Crippen LogP contribution in [0.2, 0.25) is 0 Å². The Kier molecular flexibility index (Phi) is 10.2. The molecule has 202 valence electrons. The largest absolute Gasteiger partial charge is 0.477 e. The maximum Gasteiger partial charge on any atom is 0.328 e.